The molecule has 17 heteroatoms. The standard InChI is InChI=1S/C49H76N6O11/c1-12-32(6)44(37(65-10)29-41(59)54-27-19-22-36(54)45(66-11)33(7)46(60)50-35(49(63)64)28-34-20-15-13-16-21-34)53(9)48(62)42(30(2)3)51-47(61)43(31(4)5)52(8)38(56)23-17-14-18-26-55-39(57)24-25-40(55)58/h13,15-16,20-21,24-25,30-33,35-37,42-45H,12,14,17-19,22-23,26-29H2,1-11H3,(H,50,60)(H,51,61)(H,63,64)/t32-,33+,35?,36?,37+,42?,43?,44-,45+/m0/s1. The monoisotopic (exact) mass is 925 g/mol. The van der Waals surface area contributed by atoms with Gasteiger partial charge in [0.2, 0.25) is 29.5 Å². The summed E-state index contributed by atoms with van der Waals surface area (Å²) in [6, 6.07) is 4.97. The molecular weight excluding hydrogens is 849 g/mol. The van der Waals surface area contributed by atoms with Crippen LogP contribution in [-0.4, -0.2) is 156 Å². The van der Waals surface area contributed by atoms with Crippen molar-refractivity contribution in [1.82, 2.24) is 30.2 Å². The van der Waals surface area contributed by atoms with Crippen molar-refractivity contribution in [2.75, 3.05) is 41.4 Å². The molecule has 1 aromatic rings. The molecule has 2 aliphatic heterocycles. The summed E-state index contributed by atoms with van der Waals surface area (Å²) in [4.78, 5) is 112. The van der Waals surface area contributed by atoms with E-state index in [-0.39, 0.29) is 73.1 Å². The first-order valence-electron chi connectivity index (χ1n) is 23.5. The van der Waals surface area contributed by atoms with E-state index in [0.717, 1.165) is 5.56 Å². The number of rotatable bonds is 27. The zero-order chi connectivity index (χ0) is 49.4. The SMILES string of the molecule is CC[C@H](C)[C@@H]([C@@H](CC(=O)N1CCCC1[C@H](OC)[C@@H](C)C(=O)NC(Cc1ccccc1)C(=O)O)OC)N(C)C(=O)C(NC(=O)C(C(C)C)N(C)C(=O)CCCCCN1C(=O)C=CC1=O)C(C)C. The Morgan fingerprint density at radius 3 is 2.02 bits per heavy atom. The highest BCUT2D eigenvalue weighted by Crippen LogP contribution is 2.30. The number of imide groups is 1. The van der Waals surface area contributed by atoms with Crippen LogP contribution in [0.2, 0.25) is 0 Å². The maximum Gasteiger partial charge on any atom is 0.326 e. The lowest BCUT2D eigenvalue weighted by Gasteiger charge is -2.41. The molecule has 0 radical (unpaired) electrons. The third-order valence-corrected chi connectivity index (χ3v) is 13.3. The first-order valence-corrected chi connectivity index (χ1v) is 23.5. The highest BCUT2D eigenvalue weighted by molar-refractivity contribution is 6.12. The Labute approximate surface area is 391 Å². The first-order chi connectivity index (χ1) is 31.2. The minimum atomic E-state index is -1.16. The molecule has 1 fully saturated rings. The van der Waals surface area contributed by atoms with Gasteiger partial charge in [0, 0.05) is 66.4 Å². The van der Waals surface area contributed by atoms with E-state index in [1.54, 1.807) is 55.1 Å². The largest absolute Gasteiger partial charge is 0.480 e. The van der Waals surface area contributed by atoms with Crippen LogP contribution in [0.3, 0.4) is 0 Å². The van der Waals surface area contributed by atoms with E-state index in [2.05, 4.69) is 10.6 Å². The Morgan fingerprint density at radius 1 is 0.833 bits per heavy atom. The van der Waals surface area contributed by atoms with Crippen molar-refractivity contribution < 1.29 is 52.9 Å². The number of carbonyl (C=O) groups excluding carboxylic acids is 7. The highest BCUT2D eigenvalue weighted by atomic mass is 16.5. The molecule has 0 aromatic heterocycles. The van der Waals surface area contributed by atoms with Crippen LogP contribution in [0.4, 0.5) is 0 Å². The first kappa shape index (κ1) is 55.2. The number of carbonyl (C=O) groups is 8. The summed E-state index contributed by atoms with van der Waals surface area (Å²) in [6.07, 6.45) is 4.72. The van der Waals surface area contributed by atoms with Crippen molar-refractivity contribution in [3.05, 3.63) is 48.0 Å². The fraction of sp³-hybridized carbons (Fsp3) is 0.673. The lowest BCUT2D eigenvalue weighted by Crippen LogP contribution is -2.60. The van der Waals surface area contributed by atoms with E-state index in [0.29, 0.717) is 45.1 Å². The van der Waals surface area contributed by atoms with Crippen LogP contribution in [-0.2, 0) is 54.3 Å². The van der Waals surface area contributed by atoms with Crippen LogP contribution in [0.1, 0.15) is 105 Å². The topological polar surface area (TPSA) is 212 Å². The number of nitrogens with zero attached hydrogens (tertiary/aromatic N) is 4. The third-order valence-electron chi connectivity index (χ3n) is 13.3. The minimum absolute atomic E-state index is 0.0818. The van der Waals surface area contributed by atoms with E-state index in [1.807, 2.05) is 47.6 Å². The number of likely N-dealkylation sites (tertiary alicyclic amines) is 1. The number of hydrogen-bond acceptors (Lipinski definition) is 10. The zero-order valence-electron chi connectivity index (χ0n) is 41.0. The van der Waals surface area contributed by atoms with Crippen LogP contribution in [0.25, 0.3) is 0 Å². The quantitative estimate of drug-likeness (QED) is 0.0853. The molecular formula is C49H76N6O11. The van der Waals surface area contributed by atoms with Crippen molar-refractivity contribution in [3.8, 4) is 0 Å². The van der Waals surface area contributed by atoms with Gasteiger partial charge >= 0.3 is 5.97 Å². The summed E-state index contributed by atoms with van der Waals surface area (Å²) in [6.45, 7) is 13.6. The minimum Gasteiger partial charge on any atom is -0.480 e. The summed E-state index contributed by atoms with van der Waals surface area (Å²) in [5, 5.41) is 15.6. The van der Waals surface area contributed by atoms with Gasteiger partial charge in [0.25, 0.3) is 11.8 Å². The fourth-order valence-corrected chi connectivity index (χ4v) is 9.26. The maximum absolute atomic E-state index is 14.6. The zero-order valence-corrected chi connectivity index (χ0v) is 41.0. The van der Waals surface area contributed by atoms with E-state index < -0.39 is 66.1 Å². The Bertz CT molecular complexity index is 1840. The van der Waals surface area contributed by atoms with Gasteiger partial charge in [-0.15, -0.1) is 0 Å². The molecule has 0 bridgehead atoms. The molecule has 17 nitrogen and oxygen atoms in total. The van der Waals surface area contributed by atoms with Gasteiger partial charge in [0.05, 0.1) is 36.6 Å². The summed E-state index contributed by atoms with van der Waals surface area (Å²) in [5.74, 6) is -5.24. The number of benzene rings is 1. The maximum atomic E-state index is 14.6. The predicted molar refractivity (Wildman–Crippen MR) is 248 cm³/mol. The molecule has 4 unspecified atom stereocenters. The fourth-order valence-electron chi connectivity index (χ4n) is 9.26. The van der Waals surface area contributed by atoms with Crippen molar-refractivity contribution >= 4 is 47.3 Å². The van der Waals surface area contributed by atoms with Crippen LogP contribution < -0.4 is 10.6 Å². The van der Waals surface area contributed by atoms with Crippen molar-refractivity contribution in [3.63, 3.8) is 0 Å². The van der Waals surface area contributed by atoms with Crippen LogP contribution in [0, 0.1) is 23.7 Å². The number of amides is 7. The number of ether oxygens (including phenoxy) is 2. The number of aliphatic carboxylic acids is 1. The van der Waals surface area contributed by atoms with Gasteiger partial charge < -0.3 is 39.9 Å². The van der Waals surface area contributed by atoms with Gasteiger partial charge in [-0.05, 0) is 49.0 Å². The molecule has 2 heterocycles. The number of nitrogens with one attached hydrogen (secondary N) is 2. The molecule has 7 amide bonds. The Balaban J connectivity index is 1.71. The molecule has 3 rings (SSSR count). The van der Waals surface area contributed by atoms with Gasteiger partial charge in [0.1, 0.15) is 18.1 Å². The molecule has 0 saturated carbocycles. The number of unbranched alkanes of at least 4 members (excludes halogenated alkanes) is 2. The molecule has 368 valence electrons. The summed E-state index contributed by atoms with van der Waals surface area (Å²) < 4.78 is 11.9. The van der Waals surface area contributed by atoms with Gasteiger partial charge in [-0.2, -0.15) is 0 Å². The average Bonchev–Trinajstić information content (AvgIpc) is 3.89. The van der Waals surface area contributed by atoms with Gasteiger partial charge in [0.15, 0.2) is 0 Å². The second-order valence-electron chi connectivity index (χ2n) is 18.6. The average molecular weight is 925 g/mol. The number of carboxylic acids is 1. The van der Waals surface area contributed by atoms with Gasteiger partial charge in [-0.25, -0.2) is 4.79 Å². The molecule has 0 spiro atoms. The molecule has 3 N–H and O–H groups in total. The smallest absolute Gasteiger partial charge is 0.326 e. The number of carboxylic acid groups (broad SMARTS) is 1. The van der Waals surface area contributed by atoms with E-state index >= 15 is 0 Å². The molecule has 66 heavy (non-hydrogen) atoms. The van der Waals surface area contributed by atoms with E-state index in [4.69, 9.17) is 9.47 Å². The van der Waals surface area contributed by atoms with Crippen LogP contribution in [0.15, 0.2) is 42.5 Å². The summed E-state index contributed by atoms with van der Waals surface area (Å²) >= 11 is 0. The normalized spacial score (nSPS) is 18.7. The Morgan fingerprint density at radius 2 is 1.47 bits per heavy atom. The summed E-state index contributed by atoms with van der Waals surface area (Å²) in [7, 11) is 6.21. The van der Waals surface area contributed by atoms with Crippen LogP contribution >= 0.6 is 0 Å². The number of methoxy groups -OCH3 is 2. The molecule has 9 atom stereocenters. The lowest BCUT2D eigenvalue weighted by atomic mass is 9.89. The lowest BCUT2D eigenvalue weighted by molar-refractivity contribution is -0.149. The second kappa shape index (κ2) is 26.2. The Kier molecular flexibility index (Phi) is 21.9. The molecule has 1 aromatic carbocycles. The predicted octanol–water partition coefficient (Wildman–Crippen LogP) is 3.83. The Hall–Kier alpha value is -5.16. The second-order valence-corrected chi connectivity index (χ2v) is 18.6. The number of hydrogen-bond donors (Lipinski definition) is 3. The molecule has 1 saturated heterocycles. The van der Waals surface area contributed by atoms with Crippen molar-refractivity contribution in [1.29, 1.82) is 0 Å². The number of likely N-dealkylation sites (N-methyl/N-ethyl adjacent to an activating group) is 2. The van der Waals surface area contributed by atoms with Crippen molar-refractivity contribution in [2.45, 2.75) is 149 Å². The molecule has 0 aliphatic carbocycles. The van der Waals surface area contributed by atoms with Crippen LogP contribution in [0.5, 0.6) is 0 Å². The summed E-state index contributed by atoms with van der Waals surface area (Å²) in [5.41, 5.74) is 0.762. The van der Waals surface area contributed by atoms with Gasteiger partial charge in [-0.3, -0.25) is 38.5 Å². The third kappa shape index (κ3) is 14.7. The van der Waals surface area contributed by atoms with Crippen molar-refractivity contribution in [2.24, 2.45) is 23.7 Å². The van der Waals surface area contributed by atoms with Gasteiger partial charge in [-0.1, -0.05) is 91.6 Å². The van der Waals surface area contributed by atoms with E-state index in [1.165, 1.54) is 36.2 Å². The van der Waals surface area contributed by atoms with E-state index in [9.17, 15) is 43.5 Å². The highest BCUT2D eigenvalue weighted by Gasteiger charge is 2.44. The molecule has 2 aliphatic rings.